The lowest BCUT2D eigenvalue weighted by molar-refractivity contribution is 0.273. The van der Waals surface area contributed by atoms with Crippen LogP contribution in [0, 0.1) is 5.92 Å². The molecule has 2 aromatic heterocycles. The van der Waals surface area contributed by atoms with Crippen molar-refractivity contribution in [1.29, 1.82) is 0 Å². The molecule has 0 aromatic carbocycles. The van der Waals surface area contributed by atoms with E-state index in [9.17, 15) is 0 Å². The molecule has 0 spiro atoms. The molecule has 0 radical (unpaired) electrons. The summed E-state index contributed by atoms with van der Waals surface area (Å²) in [4.78, 5) is 11.8. The number of imidazole rings is 1. The molecule has 0 amide bonds. The standard InChI is InChI=1S/C17H24BrN5.HI/c1-3-19-17(22-8-6-13(2)7-9-22)20-10-15-12-23-11-14(18)4-5-16(23)21-15;/h4-5,11-13H,3,6-10H2,1-2H3,(H,19,20);1H. The van der Waals surface area contributed by atoms with Crippen molar-refractivity contribution >= 4 is 51.5 Å². The largest absolute Gasteiger partial charge is 0.357 e. The highest BCUT2D eigenvalue weighted by Crippen LogP contribution is 2.16. The molecule has 0 aliphatic carbocycles. The molecule has 1 aliphatic heterocycles. The molecule has 1 N–H and O–H groups in total. The predicted octanol–water partition coefficient (Wildman–Crippen LogP) is 3.91. The average molecular weight is 506 g/mol. The lowest BCUT2D eigenvalue weighted by Crippen LogP contribution is -2.45. The molecular weight excluding hydrogens is 481 g/mol. The quantitative estimate of drug-likeness (QED) is 0.390. The highest BCUT2D eigenvalue weighted by Gasteiger charge is 2.18. The zero-order valence-electron chi connectivity index (χ0n) is 14.2. The fourth-order valence-electron chi connectivity index (χ4n) is 2.90. The Bertz CT molecular complexity index is 691. The minimum atomic E-state index is 0. The zero-order valence-corrected chi connectivity index (χ0v) is 18.1. The Morgan fingerprint density at radius 3 is 2.79 bits per heavy atom. The molecule has 3 rings (SSSR count). The summed E-state index contributed by atoms with van der Waals surface area (Å²) < 4.78 is 3.08. The van der Waals surface area contributed by atoms with Crippen molar-refractivity contribution in [3.8, 4) is 0 Å². The smallest absolute Gasteiger partial charge is 0.194 e. The summed E-state index contributed by atoms with van der Waals surface area (Å²) in [7, 11) is 0. The number of piperidine rings is 1. The maximum atomic E-state index is 4.79. The molecule has 0 bridgehead atoms. The van der Waals surface area contributed by atoms with Crippen molar-refractivity contribution in [1.82, 2.24) is 19.6 Å². The van der Waals surface area contributed by atoms with E-state index in [1.54, 1.807) is 0 Å². The minimum Gasteiger partial charge on any atom is -0.357 e. The Balaban J connectivity index is 0.00000208. The Morgan fingerprint density at radius 1 is 1.33 bits per heavy atom. The summed E-state index contributed by atoms with van der Waals surface area (Å²) in [6.45, 7) is 8.12. The number of guanidine groups is 1. The maximum Gasteiger partial charge on any atom is 0.194 e. The number of nitrogens with zero attached hydrogens (tertiary/aromatic N) is 4. The number of aliphatic imine (C=N–C) groups is 1. The van der Waals surface area contributed by atoms with E-state index in [-0.39, 0.29) is 24.0 Å². The summed E-state index contributed by atoms with van der Waals surface area (Å²) in [6, 6.07) is 4.02. The van der Waals surface area contributed by atoms with E-state index >= 15 is 0 Å². The van der Waals surface area contributed by atoms with Crippen molar-refractivity contribution in [2.24, 2.45) is 10.9 Å². The summed E-state index contributed by atoms with van der Waals surface area (Å²) in [6.07, 6.45) is 6.55. The summed E-state index contributed by atoms with van der Waals surface area (Å²) >= 11 is 3.49. The van der Waals surface area contributed by atoms with Gasteiger partial charge in [0.05, 0.1) is 12.2 Å². The van der Waals surface area contributed by atoms with Crippen molar-refractivity contribution in [2.45, 2.75) is 33.2 Å². The molecule has 7 heteroatoms. The van der Waals surface area contributed by atoms with Crippen LogP contribution in [0.15, 0.2) is 34.0 Å². The van der Waals surface area contributed by atoms with Crippen LogP contribution in [0.1, 0.15) is 32.4 Å². The Labute approximate surface area is 169 Å². The summed E-state index contributed by atoms with van der Waals surface area (Å²) in [5.41, 5.74) is 1.94. The number of hydrogen-bond donors (Lipinski definition) is 1. The van der Waals surface area contributed by atoms with Crippen molar-refractivity contribution in [3.63, 3.8) is 0 Å². The molecule has 24 heavy (non-hydrogen) atoms. The molecule has 0 saturated carbocycles. The fraction of sp³-hybridized carbons (Fsp3) is 0.529. The molecule has 3 heterocycles. The minimum absolute atomic E-state index is 0. The van der Waals surface area contributed by atoms with E-state index in [0.29, 0.717) is 6.54 Å². The highest BCUT2D eigenvalue weighted by molar-refractivity contribution is 14.0. The van der Waals surface area contributed by atoms with E-state index in [1.807, 2.05) is 28.9 Å². The zero-order chi connectivity index (χ0) is 16.2. The molecule has 0 atom stereocenters. The molecule has 132 valence electrons. The first kappa shape index (κ1) is 19.5. The van der Waals surface area contributed by atoms with Gasteiger partial charge in [0.2, 0.25) is 0 Å². The third-order valence-electron chi connectivity index (χ3n) is 4.27. The SMILES string of the molecule is CCNC(=NCc1cn2cc(Br)ccc2n1)N1CCC(C)CC1.I. The fourth-order valence-corrected chi connectivity index (χ4v) is 3.25. The van der Waals surface area contributed by atoms with Crippen LogP contribution in [-0.4, -0.2) is 39.9 Å². The van der Waals surface area contributed by atoms with Crippen molar-refractivity contribution < 1.29 is 0 Å². The van der Waals surface area contributed by atoms with Crippen molar-refractivity contribution in [3.05, 3.63) is 34.7 Å². The van der Waals surface area contributed by atoms with Crippen LogP contribution >= 0.6 is 39.9 Å². The van der Waals surface area contributed by atoms with Gasteiger partial charge < -0.3 is 14.6 Å². The van der Waals surface area contributed by atoms with Gasteiger partial charge in [0.15, 0.2) is 5.96 Å². The van der Waals surface area contributed by atoms with Gasteiger partial charge in [-0.3, -0.25) is 0 Å². The number of pyridine rings is 1. The lowest BCUT2D eigenvalue weighted by Gasteiger charge is -2.32. The number of likely N-dealkylation sites (tertiary alicyclic amines) is 1. The lowest BCUT2D eigenvalue weighted by atomic mass is 10.00. The first-order valence-corrected chi connectivity index (χ1v) is 9.11. The van der Waals surface area contributed by atoms with Gasteiger partial charge in [-0.2, -0.15) is 0 Å². The van der Waals surface area contributed by atoms with Crippen LogP contribution in [0.5, 0.6) is 0 Å². The van der Waals surface area contributed by atoms with Crippen LogP contribution in [0.3, 0.4) is 0 Å². The molecule has 1 saturated heterocycles. The molecule has 1 fully saturated rings. The molecule has 1 aliphatic rings. The van der Waals surface area contributed by atoms with Gasteiger partial charge in [-0.1, -0.05) is 6.92 Å². The number of aromatic nitrogens is 2. The van der Waals surface area contributed by atoms with E-state index in [4.69, 9.17) is 4.99 Å². The molecule has 5 nitrogen and oxygen atoms in total. The molecule has 0 unspecified atom stereocenters. The normalized spacial score (nSPS) is 16.3. The van der Waals surface area contributed by atoms with E-state index in [1.165, 1.54) is 12.8 Å². The predicted molar refractivity (Wildman–Crippen MR) is 113 cm³/mol. The Morgan fingerprint density at radius 2 is 2.08 bits per heavy atom. The second-order valence-corrected chi connectivity index (χ2v) is 7.10. The molecule has 2 aromatic rings. The first-order valence-electron chi connectivity index (χ1n) is 8.32. The van der Waals surface area contributed by atoms with Gasteiger partial charge in [-0.25, -0.2) is 9.98 Å². The van der Waals surface area contributed by atoms with Crippen molar-refractivity contribution in [2.75, 3.05) is 19.6 Å². The van der Waals surface area contributed by atoms with Crippen LogP contribution in [-0.2, 0) is 6.54 Å². The number of hydrogen-bond acceptors (Lipinski definition) is 2. The maximum absolute atomic E-state index is 4.79. The van der Waals surface area contributed by atoms with Gasteiger partial charge in [0.1, 0.15) is 5.65 Å². The topological polar surface area (TPSA) is 44.9 Å². The number of rotatable bonds is 3. The number of fused-ring (bicyclic) bond motifs is 1. The van der Waals surface area contributed by atoms with Gasteiger partial charge in [0, 0.05) is 36.5 Å². The van der Waals surface area contributed by atoms with E-state index in [0.717, 1.165) is 47.3 Å². The second kappa shape index (κ2) is 9.03. The van der Waals surface area contributed by atoms with E-state index < -0.39 is 0 Å². The number of halogens is 2. The average Bonchev–Trinajstić information content (AvgIpc) is 2.94. The van der Waals surface area contributed by atoms with Gasteiger partial charge in [0.25, 0.3) is 0 Å². The van der Waals surface area contributed by atoms with Crippen LogP contribution in [0.25, 0.3) is 5.65 Å². The highest BCUT2D eigenvalue weighted by atomic mass is 127. The summed E-state index contributed by atoms with van der Waals surface area (Å²) in [5, 5.41) is 3.41. The van der Waals surface area contributed by atoms with Gasteiger partial charge in [-0.05, 0) is 53.7 Å². The van der Waals surface area contributed by atoms with Crippen LogP contribution in [0.2, 0.25) is 0 Å². The van der Waals surface area contributed by atoms with Crippen LogP contribution in [0.4, 0.5) is 0 Å². The Kier molecular flexibility index (Phi) is 7.34. The third-order valence-corrected chi connectivity index (χ3v) is 4.74. The Hall–Kier alpha value is -0.830. The third kappa shape index (κ3) is 4.84. The van der Waals surface area contributed by atoms with Gasteiger partial charge in [-0.15, -0.1) is 24.0 Å². The monoisotopic (exact) mass is 505 g/mol. The van der Waals surface area contributed by atoms with E-state index in [2.05, 4.69) is 45.0 Å². The molecular formula is C17H25BrIN5. The second-order valence-electron chi connectivity index (χ2n) is 6.18. The first-order chi connectivity index (χ1) is 11.2. The van der Waals surface area contributed by atoms with Gasteiger partial charge >= 0.3 is 0 Å². The number of nitrogens with one attached hydrogen (secondary N) is 1. The summed E-state index contributed by atoms with van der Waals surface area (Å²) in [5.74, 6) is 1.84. The van der Waals surface area contributed by atoms with Crippen LogP contribution < -0.4 is 5.32 Å².